The lowest BCUT2D eigenvalue weighted by Gasteiger charge is -2.32. The fraction of sp³-hybridized carbons (Fsp3) is 0.0154. The predicted octanol–water partition coefficient (Wildman–Crippen LogP) is 17.3. The van der Waals surface area contributed by atoms with Gasteiger partial charge >= 0.3 is 0 Å². The van der Waals surface area contributed by atoms with E-state index in [1.165, 1.54) is 132 Å². The van der Waals surface area contributed by atoms with Crippen molar-refractivity contribution >= 4 is 43.1 Å². The average molecular weight is 821 g/mol. The first-order valence-corrected chi connectivity index (χ1v) is 22.7. The van der Waals surface area contributed by atoms with E-state index in [1.54, 1.807) is 0 Å². The van der Waals surface area contributed by atoms with E-state index in [1.807, 2.05) is 0 Å². The van der Waals surface area contributed by atoms with Gasteiger partial charge in [-0.15, -0.1) is 0 Å². The predicted molar refractivity (Wildman–Crippen MR) is 275 cm³/mol. The molecule has 0 saturated heterocycles. The van der Waals surface area contributed by atoms with Gasteiger partial charge in [0.25, 0.3) is 0 Å². The van der Waals surface area contributed by atoms with Gasteiger partial charge in [-0.05, 0) is 156 Å². The van der Waals surface area contributed by atoms with Crippen LogP contribution in [0.5, 0.6) is 0 Å². The van der Waals surface area contributed by atoms with Crippen molar-refractivity contribution in [2.45, 2.75) is 5.41 Å². The molecule has 0 aromatic heterocycles. The Labute approximate surface area is 378 Å². The van der Waals surface area contributed by atoms with Gasteiger partial charge < -0.3 is 0 Å². The molecule has 12 aromatic rings. The maximum absolute atomic E-state index is 2.54. The molecule has 0 bridgehead atoms. The highest BCUT2D eigenvalue weighted by Crippen LogP contribution is 2.64. The summed E-state index contributed by atoms with van der Waals surface area (Å²) in [4.78, 5) is 0. The zero-order valence-electron chi connectivity index (χ0n) is 35.6. The van der Waals surface area contributed by atoms with E-state index >= 15 is 0 Å². The SMILES string of the molecule is c1ccc2c(-c3ccc4c(c3)C3(c5cc(-c6cccc7ccccc67)ccc5-4)c4cc(-c5cccc6ccccc56)ccc4-c4ccc(-c5cccc6ccccc56)cc43)cccc2c1. The lowest BCUT2D eigenvalue weighted by atomic mass is 9.69. The Hall–Kier alpha value is -8.32. The minimum absolute atomic E-state index is 0.627. The van der Waals surface area contributed by atoms with Crippen LogP contribution in [0.25, 0.3) is 110 Å². The van der Waals surface area contributed by atoms with Crippen LogP contribution in [0.2, 0.25) is 0 Å². The van der Waals surface area contributed by atoms with Gasteiger partial charge in [0.1, 0.15) is 0 Å². The zero-order chi connectivity index (χ0) is 42.6. The highest BCUT2D eigenvalue weighted by atomic mass is 14.5. The third-order valence-corrected chi connectivity index (χ3v) is 14.7. The summed E-state index contributed by atoms with van der Waals surface area (Å²) in [5.41, 5.74) is 19.8. The van der Waals surface area contributed by atoms with E-state index in [9.17, 15) is 0 Å². The van der Waals surface area contributed by atoms with Crippen molar-refractivity contribution < 1.29 is 0 Å². The number of fused-ring (bicyclic) bond motifs is 14. The van der Waals surface area contributed by atoms with Crippen LogP contribution in [0, 0.1) is 0 Å². The first-order valence-electron chi connectivity index (χ1n) is 22.7. The Bertz CT molecular complexity index is 3420. The lowest BCUT2D eigenvalue weighted by Crippen LogP contribution is -2.26. The first kappa shape index (κ1) is 36.2. The second kappa shape index (κ2) is 13.8. The maximum atomic E-state index is 2.54. The molecule has 12 aromatic carbocycles. The molecule has 65 heavy (non-hydrogen) atoms. The number of hydrogen-bond donors (Lipinski definition) is 0. The van der Waals surface area contributed by atoms with Crippen molar-refractivity contribution in [2.24, 2.45) is 0 Å². The maximum Gasteiger partial charge on any atom is 0.0726 e. The van der Waals surface area contributed by atoms with Crippen molar-refractivity contribution in [3.8, 4) is 66.8 Å². The molecule has 0 unspecified atom stereocenters. The van der Waals surface area contributed by atoms with Gasteiger partial charge in [0.2, 0.25) is 0 Å². The highest BCUT2D eigenvalue weighted by molar-refractivity contribution is 6.05. The molecule has 0 heterocycles. The molecular formula is C65H40. The topological polar surface area (TPSA) is 0 Å². The molecule has 0 radical (unpaired) electrons. The van der Waals surface area contributed by atoms with Crippen molar-refractivity contribution in [3.63, 3.8) is 0 Å². The van der Waals surface area contributed by atoms with Crippen molar-refractivity contribution in [1.29, 1.82) is 0 Å². The summed E-state index contributed by atoms with van der Waals surface area (Å²) in [7, 11) is 0. The second-order valence-electron chi connectivity index (χ2n) is 17.9. The molecule has 0 amide bonds. The lowest BCUT2D eigenvalue weighted by molar-refractivity contribution is 0.795. The summed E-state index contributed by atoms with van der Waals surface area (Å²) >= 11 is 0. The zero-order valence-corrected chi connectivity index (χ0v) is 35.6. The minimum Gasteiger partial charge on any atom is -0.0616 e. The van der Waals surface area contributed by atoms with E-state index in [4.69, 9.17) is 0 Å². The largest absolute Gasteiger partial charge is 0.0726 e. The van der Waals surface area contributed by atoms with Crippen molar-refractivity contribution in [3.05, 3.63) is 265 Å². The molecular weight excluding hydrogens is 781 g/mol. The van der Waals surface area contributed by atoms with Crippen LogP contribution >= 0.6 is 0 Å². The summed E-state index contributed by atoms with van der Waals surface area (Å²) < 4.78 is 0. The summed E-state index contributed by atoms with van der Waals surface area (Å²) in [5.74, 6) is 0. The Morgan fingerprint density at radius 1 is 0.185 bits per heavy atom. The van der Waals surface area contributed by atoms with Crippen molar-refractivity contribution in [1.82, 2.24) is 0 Å². The molecule has 2 aliphatic rings. The molecule has 2 aliphatic carbocycles. The van der Waals surface area contributed by atoms with E-state index in [0.29, 0.717) is 0 Å². The van der Waals surface area contributed by atoms with Crippen LogP contribution in [0.1, 0.15) is 22.3 Å². The molecule has 1 spiro atoms. The Kier molecular flexibility index (Phi) is 7.71. The third-order valence-electron chi connectivity index (χ3n) is 14.7. The molecule has 0 nitrogen and oxygen atoms in total. The van der Waals surface area contributed by atoms with Crippen LogP contribution in [0.15, 0.2) is 243 Å². The molecule has 300 valence electrons. The summed E-state index contributed by atoms with van der Waals surface area (Å²) in [6, 6.07) is 91.4. The second-order valence-corrected chi connectivity index (χ2v) is 17.9. The highest BCUT2D eigenvalue weighted by Gasteiger charge is 2.52. The van der Waals surface area contributed by atoms with Crippen LogP contribution in [0.3, 0.4) is 0 Å². The Balaban J connectivity index is 1.12. The van der Waals surface area contributed by atoms with Gasteiger partial charge in [0, 0.05) is 0 Å². The fourth-order valence-electron chi connectivity index (χ4n) is 11.8. The van der Waals surface area contributed by atoms with Gasteiger partial charge in [-0.1, -0.05) is 218 Å². The molecule has 0 N–H and O–H groups in total. The Morgan fingerprint density at radius 3 is 0.677 bits per heavy atom. The normalized spacial score (nSPS) is 13.0. The standard InChI is InChI=1S/C65H40/c1-5-21-49-41(13-1)17-9-25-53(49)45-29-33-57-58-34-30-46(54-26-10-18-42-14-2-6-22-50(42)54)38-62(58)65(61(57)37-45)63-39-47(55-27-11-19-43-15-3-7-23-51(43)55)31-35-59(63)60-36-32-48(40-64(60)65)56-28-12-20-44-16-4-8-24-52(44)56/h1-40H. The summed E-state index contributed by atoms with van der Waals surface area (Å²) in [6.07, 6.45) is 0. The van der Waals surface area contributed by atoms with Crippen LogP contribution in [-0.4, -0.2) is 0 Å². The number of rotatable bonds is 4. The van der Waals surface area contributed by atoms with E-state index in [0.717, 1.165) is 0 Å². The van der Waals surface area contributed by atoms with Crippen LogP contribution in [-0.2, 0) is 5.41 Å². The third kappa shape index (κ3) is 5.20. The summed E-state index contributed by atoms with van der Waals surface area (Å²) in [5, 5.41) is 10.1. The van der Waals surface area contributed by atoms with E-state index in [2.05, 4.69) is 243 Å². The van der Waals surface area contributed by atoms with Gasteiger partial charge in [-0.25, -0.2) is 0 Å². The molecule has 0 aliphatic heterocycles. The summed E-state index contributed by atoms with van der Waals surface area (Å²) in [6.45, 7) is 0. The van der Waals surface area contributed by atoms with Gasteiger partial charge in [-0.3, -0.25) is 0 Å². The van der Waals surface area contributed by atoms with E-state index < -0.39 is 5.41 Å². The van der Waals surface area contributed by atoms with E-state index in [-0.39, 0.29) is 0 Å². The van der Waals surface area contributed by atoms with Gasteiger partial charge in [-0.2, -0.15) is 0 Å². The fourth-order valence-corrected chi connectivity index (χ4v) is 11.8. The molecule has 0 fully saturated rings. The van der Waals surface area contributed by atoms with Gasteiger partial charge in [0.15, 0.2) is 0 Å². The van der Waals surface area contributed by atoms with Crippen molar-refractivity contribution in [2.75, 3.05) is 0 Å². The molecule has 0 heteroatoms. The first-order chi connectivity index (χ1) is 32.2. The molecule has 14 rings (SSSR count). The van der Waals surface area contributed by atoms with Gasteiger partial charge in [0.05, 0.1) is 5.41 Å². The quantitative estimate of drug-likeness (QED) is 0.166. The minimum atomic E-state index is -0.627. The average Bonchev–Trinajstić information content (AvgIpc) is 3.83. The molecule has 0 saturated carbocycles. The molecule has 0 atom stereocenters. The number of benzene rings is 12. The Morgan fingerprint density at radius 2 is 0.415 bits per heavy atom. The number of hydrogen-bond acceptors (Lipinski definition) is 0. The van der Waals surface area contributed by atoms with Crippen LogP contribution < -0.4 is 0 Å². The smallest absolute Gasteiger partial charge is 0.0616 e. The monoisotopic (exact) mass is 820 g/mol. The van der Waals surface area contributed by atoms with Crippen LogP contribution in [0.4, 0.5) is 0 Å².